The van der Waals surface area contributed by atoms with Crippen molar-refractivity contribution in [2.45, 2.75) is 21.5 Å². The highest BCUT2D eigenvalue weighted by molar-refractivity contribution is 8.01. The van der Waals surface area contributed by atoms with Gasteiger partial charge in [-0.3, -0.25) is 14.5 Å². The third-order valence-electron chi connectivity index (χ3n) is 4.69. The highest BCUT2D eigenvalue weighted by atomic mass is 35.5. The number of fused-ring (bicyclic) bond motifs is 1. The van der Waals surface area contributed by atoms with E-state index in [-0.39, 0.29) is 17.4 Å². The molecule has 1 aromatic heterocycles. The number of nitrogens with zero attached hydrogens (tertiary/aromatic N) is 5. The quantitative estimate of drug-likeness (QED) is 0.396. The molecule has 2 amide bonds. The summed E-state index contributed by atoms with van der Waals surface area (Å²) in [4.78, 5) is 39.1. The summed E-state index contributed by atoms with van der Waals surface area (Å²) in [6.45, 7) is 0. The molecular formula is C18H17ClN6O4S3. The average molecular weight is 513 g/mol. The Hall–Kier alpha value is -2.22. The predicted molar refractivity (Wildman–Crippen MR) is 121 cm³/mol. The summed E-state index contributed by atoms with van der Waals surface area (Å²) in [6, 6.07) is 6.40. The number of nitrogens with one attached hydrogen (secondary N) is 1. The Morgan fingerprint density at radius 1 is 1.38 bits per heavy atom. The fourth-order valence-electron chi connectivity index (χ4n) is 3.21. The number of rotatable bonds is 8. The third kappa shape index (κ3) is 4.75. The largest absolute Gasteiger partial charge is 0.477 e. The minimum Gasteiger partial charge on any atom is -0.477 e. The number of carboxylic acids is 1. The molecule has 4 rings (SSSR count). The zero-order valence-electron chi connectivity index (χ0n) is 16.6. The first-order valence-corrected chi connectivity index (χ1v) is 12.7. The van der Waals surface area contributed by atoms with Gasteiger partial charge in [-0.15, -0.1) is 28.6 Å². The molecule has 0 saturated carbocycles. The van der Waals surface area contributed by atoms with Crippen LogP contribution in [0.1, 0.15) is 0 Å². The maximum Gasteiger partial charge on any atom is 0.352 e. The number of tetrazole rings is 1. The smallest absolute Gasteiger partial charge is 0.352 e. The summed E-state index contributed by atoms with van der Waals surface area (Å²) in [5.41, 5.74) is 0.585. The number of benzene rings is 1. The minimum absolute atomic E-state index is 0.0276. The molecule has 32 heavy (non-hydrogen) atoms. The zero-order valence-corrected chi connectivity index (χ0v) is 19.8. The van der Waals surface area contributed by atoms with Crippen molar-refractivity contribution in [3.05, 3.63) is 40.6 Å². The van der Waals surface area contributed by atoms with Crippen LogP contribution in [0.2, 0.25) is 5.02 Å². The van der Waals surface area contributed by atoms with Crippen LogP contribution in [0, 0.1) is 0 Å². The van der Waals surface area contributed by atoms with Crippen molar-refractivity contribution in [3.8, 4) is 0 Å². The van der Waals surface area contributed by atoms with E-state index >= 15 is 0 Å². The van der Waals surface area contributed by atoms with E-state index in [1.165, 1.54) is 44.9 Å². The van der Waals surface area contributed by atoms with Crippen LogP contribution in [-0.4, -0.2) is 76.7 Å². The molecule has 0 spiro atoms. The Labute approximate surface area is 200 Å². The van der Waals surface area contributed by atoms with Crippen molar-refractivity contribution in [2.24, 2.45) is 7.05 Å². The number of aliphatic carboxylic acids is 1. The molecule has 168 valence electrons. The van der Waals surface area contributed by atoms with Crippen molar-refractivity contribution in [3.63, 3.8) is 0 Å². The lowest BCUT2D eigenvalue weighted by atomic mass is 10.0. The molecule has 0 aliphatic carbocycles. The highest BCUT2D eigenvalue weighted by Gasteiger charge is 2.54. The van der Waals surface area contributed by atoms with Gasteiger partial charge in [0.2, 0.25) is 11.1 Å². The van der Waals surface area contributed by atoms with Gasteiger partial charge in [0.25, 0.3) is 5.91 Å². The molecule has 2 aliphatic rings. The van der Waals surface area contributed by atoms with Crippen LogP contribution in [0.5, 0.6) is 0 Å². The van der Waals surface area contributed by atoms with Gasteiger partial charge in [0.05, 0.1) is 5.75 Å². The van der Waals surface area contributed by atoms with E-state index in [0.717, 1.165) is 4.90 Å². The van der Waals surface area contributed by atoms with Gasteiger partial charge in [0.1, 0.15) is 17.1 Å². The Balaban J connectivity index is 1.38. The lowest BCUT2D eigenvalue weighted by molar-refractivity contribution is -0.150. The second-order valence-electron chi connectivity index (χ2n) is 6.83. The Morgan fingerprint density at radius 3 is 2.88 bits per heavy atom. The van der Waals surface area contributed by atoms with Crippen LogP contribution in [-0.2, 0) is 21.4 Å². The van der Waals surface area contributed by atoms with E-state index in [1.807, 2.05) is 6.07 Å². The number of hydrogen-bond acceptors (Lipinski definition) is 9. The van der Waals surface area contributed by atoms with Gasteiger partial charge in [-0.1, -0.05) is 29.4 Å². The fraction of sp³-hybridized carbons (Fsp3) is 0.333. The monoisotopic (exact) mass is 512 g/mol. The van der Waals surface area contributed by atoms with Crippen molar-refractivity contribution in [1.29, 1.82) is 0 Å². The number of β-lactam (4-membered cyclic amide) rings is 1. The Bertz CT molecular complexity index is 1110. The number of carbonyl (C=O) groups is 3. The van der Waals surface area contributed by atoms with E-state index in [1.54, 1.807) is 25.2 Å². The van der Waals surface area contributed by atoms with Crippen molar-refractivity contribution in [1.82, 2.24) is 30.4 Å². The molecule has 14 heteroatoms. The zero-order chi connectivity index (χ0) is 22.8. The molecule has 10 nitrogen and oxygen atoms in total. The van der Waals surface area contributed by atoms with Gasteiger partial charge in [-0.25, -0.2) is 9.48 Å². The summed E-state index contributed by atoms with van der Waals surface area (Å²) < 4.78 is 1.49. The van der Waals surface area contributed by atoms with Crippen LogP contribution in [0.15, 0.2) is 45.6 Å². The molecule has 0 bridgehead atoms. The normalized spacial score (nSPS) is 20.1. The second kappa shape index (κ2) is 9.73. The molecule has 1 unspecified atom stereocenters. The maximum absolute atomic E-state index is 12.7. The van der Waals surface area contributed by atoms with Gasteiger partial charge in [-0.2, -0.15) is 0 Å². The van der Waals surface area contributed by atoms with Crippen LogP contribution in [0.25, 0.3) is 0 Å². The fourth-order valence-corrected chi connectivity index (χ4v) is 6.57. The lowest BCUT2D eigenvalue weighted by Crippen LogP contribution is -2.70. The molecule has 2 aromatic rings. The van der Waals surface area contributed by atoms with Gasteiger partial charge >= 0.3 is 5.97 Å². The van der Waals surface area contributed by atoms with Gasteiger partial charge in [0.15, 0.2) is 0 Å². The molecule has 2 atom stereocenters. The summed E-state index contributed by atoms with van der Waals surface area (Å²) in [5.74, 6) is -1.01. The Morgan fingerprint density at radius 2 is 2.19 bits per heavy atom. The number of aryl methyl sites for hydroxylation is 1. The lowest BCUT2D eigenvalue weighted by Gasteiger charge is -2.49. The van der Waals surface area contributed by atoms with E-state index in [9.17, 15) is 19.5 Å². The SMILES string of the molecule is Cn1nnnc1SCC1=C(C(=O)O)N2C(=O)C(NC(=O)CSc3cccc(Cl)c3)[C@@H]2SC1. The summed E-state index contributed by atoms with van der Waals surface area (Å²) >= 11 is 9.99. The minimum atomic E-state index is -1.17. The second-order valence-corrected chi connectivity index (χ2v) is 10.4. The molecule has 1 saturated heterocycles. The van der Waals surface area contributed by atoms with Crippen LogP contribution in [0.3, 0.4) is 0 Å². The first kappa shape index (κ1) is 23.0. The molecule has 1 aromatic carbocycles. The number of carboxylic acid groups (broad SMARTS) is 1. The van der Waals surface area contributed by atoms with Crippen molar-refractivity contribution >= 4 is 64.7 Å². The summed E-state index contributed by atoms with van der Waals surface area (Å²) in [7, 11) is 1.69. The number of amides is 2. The number of hydrogen-bond donors (Lipinski definition) is 2. The number of carbonyl (C=O) groups excluding carboxylic acids is 2. The predicted octanol–water partition coefficient (Wildman–Crippen LogP) is 1.49. The highest BCUT2D eigenvalue weighted by Crippen LogP contribution is 2.41. The van der Waals surface area contributed by atoms with Crippen LogP contribution >= 0.6 is 46.9 Å². The van der Waals surface area contributed by atoms with Gasteiger partial charge in [-0.05, 0) is 34.2 Å². The first-order valence-electron chi connectivity index (χ1n) is 9.28. The number of aromatic nitrogens is 4. The van der Waals surface area contributed by atoms with E-state index < -0.39 is 23.3 Å². The Kier molecular flexibility index (Phi) is 6.98. The van der Waals surface area contributed by atoms with E-state index in [2.05, 4.69) is 20.8 Å². The third-order valence-corrected chi connectivity index (χ3v) is 8.35. The number of thioether (sulfide) groups is 3. The molecule has 0 radical (unpaired) electrons. The van der Waals surface area contributed by atoms with Gasteiger partial charge < -0.3 is 10.4 Å². The number of halogens is 1. The van der Waals surface area contributed by atoms with E-state index in [4.69, 9.17) is 11.6 Å². The average Bonchev–Trinajstić information content (AvgIpc) is 3.18. The summed E-state index contributed by atoms with van der Waals surface area (Å²) in [6.07, 6.45) is 0. The van der Waals surface area contributed by atoms with Gasteiger partial charge in [0, 0.05) is 28.5 Å². The standard InChI is InChI=1S/C18H17ClN6O4S3/c1-24-18(21-22-23-24)32-7-9-6-31-16-13(15(27)25(16)14(9)17(28)29)20-12(26)8-30-11-4-2-3-10(19)5-11/h2-5,13,16H,6-8H2,1H3,(H,20,26)(H,28,29)/t13?,16-/m0/s1. The molecular weight excluding hydrogens is 496 g/mol. The molecule has 2 N–H and O–H groups in total. The topological polar surface area (TPSA) is 130 Å². The summed E-state index contributed by atoms with van der Waals surface area (Å²) in [5, 5.41) is 24.3. The molecule has 3 heterocycles. The van der Waals surface area contributed by atoms with Crippen molar-refractivity contribution < 1.29 is 19.5 Å². The molecule has 2 aliphatic heterocycles. The van der Waals surface area contributed by atoms with Crippen LogP contribution in [0.4, 0.5) is 0 Å². The maximum atomic E-state index is 12.7. The first-order chi connectivity index (χ1) is 15.3. The van der Waals surface area contributed by atoms with Crippen LogP contribution < -0.4 is 5.32 Å². The van der Waals surface area contributed by atoms with E-state index in [0.29, 0.717) is 27.3 Å². The molecule has 1 fully saturated rings. The van der Waals surface area contributed by atoms with Crippen molar-refractivity contribution in [2.75, 3.05) is 17.3 Å².